The first-order valence-electron chi connectivity index (χ1n) is 8.99. The van der Waals surface area contributed by atoms with Gasteiger partial charge < -0.3 is 14.5 Å². The van der Waals surface area contributed by atoms with Crippen molar-refractivity contribution in [2.45, 2.75) is 18.6 Å². The fourth-order valence-corrected chi connectivity index (χ4v) is 4.56. The highest BCUT2D eigenvalue weighted by atomic mass is 35.5. The van der Waals surface area contributed by atoms with Crippen LogP contribution in [0.15, 0.2) is 41.0 Å². The van der Waals surface area contributed by atoms with Gasteiger partial charge in [-0.1, -0.05) is 11.6 Å². The van der Waals surface area contributed by atoms with Crippen LogP contribution < -0.4 is 14.4 Å². The summed E-state index contributed by atoms with van der Waals surface area (Å²) in [5, 5.41) is 3.17. The molecule has 1 N–H and O–H groups in total. The van der Waals surface area contributed by atoms with E-state index < -0.39 is 10.0 Å². The molecule has 0 fully saturated rings. The van der Waals surface area contributed by atoms with Crippen molar-refractivity contribution in [3.05, 3.63) is 47.4 Å². The average Bonchev–Trinajstić information content (AvgIpc) is 3.17. The molecule has 0 spiro atoms. The van der Waals surface area contributed by atoms with E-state index in [2.05, 4.69) is 5.32 Å². The van der Waals surface area contributed by atoms with Gasteiger partial charge in [0.15, 0.2) is 0 Å². The first kappa shape index (κ1) is 23.4. The molecule has 7 nitrogen and oxygen atoms in total. The number of carbonyl (C=O) groups is 1. The van der Waals surface area contributed by atoms with E-state index >= 15 is 0 Å². The maximum Gasteiger partial charge on any atom is 0.232 e. The average molecular weight is 461 g/mol. The molecule has 0 unspecified atom stereocenters. The molecule has 29 heavy (non-hydrogen) atoms. The molecule has 0 bridgehead atoms. The van der Waals surface area contributed by atoms with Gasteiger partial charge in [0.2, 0.25) is 15.9 Å². The molecule has 0 aliphatic rings. The summed E-state index contributed by atoms with van der Waals surface area (Å²) in [6, 6.07) is 8.54. The molecule has 0 saturated carbocycles. The van der Waals surface area contributed by atoms with Crippen LogP contribution in [0.5, 0.6) is 5.75 Å². The van der Waals surface area contributed by atoms with Crippen LogP contribution in [0.2, 0.25) is 5.02 Å². The van der Waals surface area contributed by atoms with Crippen molar-refractivity contribution in [2.75, 3.05) is 36.5 Å². The minimum absolute atomic E-state index is 0.107. The lowest BCUT2D eigenvalue weighted by molar-refractivity contribution is -0.121. The van der Waals surface area contributed by atoms with Crippen molar-refractivity contribution in [1.82, 2.24) is 5.32 Å². The largest absolute Gasteiger partial charge is 0.495 e. The summed E-state index contributed by atoms with van der Waals surface area (Å²) in [6.07, 6.45) is 3.39. The van der Waals surface area contributed by atoms with Gasteiger partial charge >= 0.3 is 0 Å². The first-order valence-corrected chi connectivity index (χ1v) is 12.4. The molecule has 0 radical (unpaired) electrons. The van der Waals surface area contributed by atoms with Crippen molar-refractivity contribution in [2.24, 2.45) is 0 Å². The van der Waals surface area contributed by atoms with E-state index in [1.54, 1.807) is 30.2 Å². The number of sulfonamides is 1. The maximum absolute atomic E-state index is 12.2. The number of nitrogens with one attached hydrogen (secondary N) is 1. The lowest BCUT2D eigenvalue weighted by Gasteiger charge is -2.23. The van der Waals surface area contributed by atoms with Crippen molar-refractivity contribution in [1.29, 1.82) is 0 Å². The van der Waals surface area contributed by atoms with Crippen molar-refractivity contribution >= 4 is 45.0 Å². The number of nitrogens with zero attached hydrogens (tertiary/aromatic N) is 1. The number of furan rings is 1. The Hall–Kier alpha value is -1.84. The molecule has 1 amide bonds. The van der Waals surface area contributed by atoms with Crippen molar-refractivity contribution in [3.63, 3.8) is 0 Å². The molecule has 2 rings (SSSR count). The number of amides is 1. The van der Waals surface area contributed by atoms with Crippen LogP contribution in [0.3, 0.4) is 0 Å². The fraction of sp³-hybridized carbons (Fsp3) is 0.421. The van der Waals surface area contributed by atoms with E-state index in [0.717, 1.165) is 23.5 Å². The van der Waals surface area contributed by atoms with Crippen molar-refractivity contribution in [3.8, 4) is 5.75 Å². The standard InChI is InChI=1S/C19H25ClN2O5S2/c1-26-18-8-7-15(13-17(18)20)22(29(2,24)25)10-3-6-19(23)21-9-12-28-14-16-5-4-11-27-16/h4-5,7-8,11,13H,3,6,9-10,12,14H2,1-2H3,(H,21,23). The number of benzene rings is 1. The summed E-state index contributed by atoms with van der Waals surface area (Å²) in [5.41, 5.74) is 0.438. The van der Waals surface area contributed by atoms with Gasteiger partial charge in [-0.2, -0.15) is 11.8 Å². The topological polar surface area (TPSA) is 88.8 Å². The van der Waals surface area contributed by atoms with Gasteiger partial charge in [-0.25, -0.2) is 8.42 Å². The molecule has 0 aliphatic carbocycles. The van der Waals surface area contributed by atoms with E-state index in [4.69, 9.17) is 20.8 Å². The van der Waals surface area contributed by atoms with Crippen LogP contribution in [0.1, 0.15) is 18.6 Å². The van der Waals surface area contributed by atoms with Crippen LogP contribution in [-0.4, -0.2) is 46.5 Å². The summed E-state index contributed by atoms with van der Waals surface area (Å²) >= 11 is 7.77. The molecule has 0 atom stereocenters. The van der Waals surface area contributed by atoms with E-state index in [9.17, 15) is 13.2 Å². The molecular formula is C19H25ClN2O5S2. The van der Waals surface area contributed by atoms with E-state index in [1.165, 1.54) is 17.5 Å². The van der Waals surface area contributed by atoms with Gasteiger partial charge in [0.1, 0.15) is 11.5 Å². The first-order chi connectivity index (χ1) is 13.8. The Bertz CT molecular complexity index is 888. The third-order valence-electron chi connectivity index (χ3n) is 3.98. The smallest absolute Gasteiger partial charge is 0.232 e. The molecule has 1 heterocycles. The molecule has 0 saturated heterocycles. The van der Waals surface area contributed by atoms with Crippen LogP contribution in [0.25, 0.3) is 0 Å². The lowest BCUT2D eigenvalue weighted by Crippen LogP contribution is -2.32. The quantitative estimate of drug-likeness (QED) is 0.487. The second-order valence-electron chi connectivity index (χ2n) is 6.24. The van der Waals surface area contributed by atoms with Gasteiger partial charge in [-0.3, -0.25) is 9.10 Å². The Labute approximate surface area is 180 Å². The minimum atomic E-state index is -3.51. The van der Waals surface area contributed by atoms with Gasteiger partial charge in [0.25, 0.3) is 0 Å². The predicted octanol–water partition coefficient (Wildman–Crippen LogP) is 3.54. The Balaban J connectivity index is 1.76. The zero-order valence-corrected chi connectivity index (χ0v) is 18.8. The van der Waals surface area contributed by atoms with Crippen LogP contribution in [0.4, 0.5) is 5.69 Å². The molecule has 1 aromatic heterocycles. The van der Waals surface area contributed by atoms with E-state index in [0.29, 0.717) is 29.4 Å². The SMILES string of the molecule is COc1ccc(N(CCCC(=O)NCCSCc2ccco2)S(C)(=O)=O)cc1Cl. The zero-order chi connectivity index (χ0) is 21.3. The monoisotopic (exact) mass is 460 g/mol. The zero-order valence-electron chi connectivity index (χ0n) is 16.4. The Morgan fingerprint density at radius 1 is 1.34 bits per heavy atom. The van der Waals surface area contributed by atoms with Gasteiger partial charge in [-0.15, -0.1) is 0 Å². The summed E-state index contributed by atoms with van der Waals surface area (Å²) in [4.78, 5) is 12.0. The normalized spacial score (nSPS) is 11.3. The second-order valence-corrected chi connectivity index (χ2v) is 9.66. The number of anilines is 1. The number of hydrogen-bond acceptors (Lipinski definition) is 6. The molecule has 160 valence electrons. The number of hydrogen-bond donors (Lipinski definition) is 1. The maximum atomic E-state index is 12.2. The van der Waals surface area contributed by atoms with Crippen LogP contribution in [0, 0.1) is 0 Å². The Morgan fingerprint density at radius 3 is 2.76 bits per heavy atom. The Kier molecular flexibility index (Phi) is 9.19. The summed E-state index contributed by atoms with van der Waals surface area (Å²) in [7, 11) is -2.02. The lowest BCUT2D eigenvalue weighted by atomic mass is 10.2. The predicted molar refractivity (Wildman–Crippen MR) is 117 cm³/mol. The number of rotatable bonds is 12. The number of carbonyl (C=O) groups excluding carboxylic acids is 1. The number of halogens is 1. The van der Waals surface area contributed by atoms with Crippen LogP contribution in [-0.2, 0) is 20.6 Å². The fourth-order valence-electron chi connectivity index (χ4n) is 2.60. The highest BCUT2D eigenvalue weighted by molar-refractivity contribution is 7.98. The molecule has 2 aromatic rings. The molecular weight excluding hydrogens is 436 g/mol. The van der Waals surface area contributed by atoms with Gasteiger partial charge in [0, 0.05) is 25.3 Å². The van der Waals surface area contributed by atoms with Crippen molar-refractivity contribution < 1.29 is 22.4 Å². The molecule has 0 aliphatic heterocycles. The molecule has 10 heteroatoms. The highest BCUT2D eigenvalue weighted by Gasteiger charge is 2.19. The number of methoxy groups -OCH3 is 1. The minimum Gasteiger partial charge on any atom is -0.495 e. The van der Waals surface area contributed by atoms with Gasteiger partial charge in [0.05, 0.1) is 36.1 Å². The Morgan fingerprint density at radius 2 is 2.14 bits per heavy atom. The van der Waals surface area contributed by atoms with E-state index in [-0.39, 0.29) is 18.9 Å². The highest BCUT2D eigenvalue weighted by Crippen LogP contribution is 2.30. The second kappa shape index (κ2) is 11.4. The van der Waals surface area contributed by atoms with Gasteiger partial charge in [-0.05, 0) is 36.8 Å². The van der Waals surface area contributed by atoms with Crippen LogP contribution >= 0.6 is 23.4 Å². The molecule has 1 aromatic carbocycles. The summed E-state index contributed by atoms with van der Waals surface area (Å²) in [6.45, 7) is 0.732. The summed E-state index contributed by atoms with van der Waals surface area (Å²) in [5.74, 6) is 2.79. The third-order valence-corrected chi connectivity index (χ3v) is 6.45. The van der Waals surface area contributed by atoms with E-state index in [1.807, 2.05) is 12.1 Å². The number of ether oxygens (including phenoxy) is 1. The number of thioether (sulfide) groups is 1. The summed E-state index contributed by atoms with van der Waals surface area (Å²) < 4.78 is 35.9. The third kappa shape index (κ3) is 7.83.